The van der Waals surface area contributed by atoms with Crippen LogP contribution in [0.5, 0.6) is 0 Å². The summed E-state index contributed by atoms with van der Waals surface area (Å²) in [6.07, 6.45) is 6.83. The molecule has 0 spiro atoms. The molecule has 0 aromatic heterocycles. The van der Waals surface area contributed by atoms with Gasteiger partial charge in [-0.05, 0) is 57.5 Å². The predicted octanol–water partition coefficient (Wildman–Crippen LogP) is 0.827. The predicted molar refractivity (Wildman–Crippen MR) is 81.9 cm³/mol. The smallest absolute Gasteiger partial charge is 0.239 e. The molecule has 2 unspecified atom stereocenters. The molecule has 3 fully saturated rings. The van der Waals surface area contributed by atoms with Crippen molar-refractivity contribution in [2.45, 2.75) is 50.6 Å². The van der Waals surface area contributed by atoms with Crippen LogP contribution in [0.3, 0.4) is 0 Å². The van der Waals surface area contributed by atoms with Crippen molar-refractivity contribution in [3.63, 3.8) is 0 Å². The molecule has 3 aliphatic heterocycles. The highest BCUT2D eigenvalue weighted by molar-refractivity contribution is 5.82. The summed E-state index contributed by atoms with van der Waals surface area (Å²) in [5.41, 5.74) is 6.26. The Labute approximate surface area is 127 Å². The molecule has 3 saturated heterocycles. The number of rotatable bonds is 3. The van der Waals surface area contributed by atoms with Gasteiger partial charge in [-0.1, -0.05) is 0 Å². The van der Waals surface area contributed by atoms with Crippen LogP contribution in [0.15, 0.2) is 0 Å². The van der Waals surface area contributed by atoms with Gasteiger partial charge in [0.2, 0.25) is 5.91 Å². The topological polar surface area (TPSA) is 58.8 Å². The van der Waals surface area contributed by atoms with Crippen LogP contribution in [0.25, 0.3) is 0 Å². The lowest BCUT2D eigenvalue weighted by molar-refractivity contribution is -0.136. The minimum Gasteiger partial charge on any atom is -0.381 e. The summed E-state index contributed by atoms with van der Waals surface area (Å²) < 4.78 is 5.37. The summed E-state index contributed by atoms with van der Waals surface area (Å²) in [5.74, 6) is 0.476. The molecule has 2 N–H and O–H groups in total. The Morgan fingerprint density at radius 1 is 1.05 bits per heavy atom. The summed E-state index contributed by atoms with van der Waals surface area (Å²) in [6.45, 7) is 5.69. The van der Waals surface area contributed by atoms with Gasteiger partial charge < -0.3 is 15.4 Å². The van der Waals surface area contributed by atoms with E-state index in [-0.39, 0.29) is 11.9 Å². The van der Waals surface area contributed by atoms with Gasteiger partial charge in [0.25, 0.3) is 0 Å². The van der Waals surface area contributed by atoms with Gasteiger partial charge in [0.1, 0.15) is 0 Å². The van der Waals surface area contributed by atoms with Crippen LogP contribution < -0.4 is 5.73 Å². The van der Waals surface area contributed by atoms with E-state index in [1.54, 1.807) is 0 Å². The molecule has 2 atom stereocenters. The third-order valence-electron chi connectivity index (χ3n) is 5.42. The van der Waals surface area contributed by atoms with Crippen molar-refractivity contribution >= 4 is 5.91 Å². The molecule has 3 rings (SSSR count). The molecule has 0 aromatic carbocycles. The van der Waals surface area contributed by atoms with Gasteiger partial charge >= 0.3 is 0 Å². The second-order valence-corrected chi connectivity index (χ2v) is 6.80. The lowest BCUT2D eigenvalue weighted by atomic mass is 9.91. The standard InChI is InChI=1S/C16H29N3O2/c17-15(13-5-10-21-11-6-13)16(20)19-9-3-4-14(12-19)18-7-1-2-8-18/h13-15H,1-12,17H2. The Bertz CT molecular complexity index is 351. The van der Waals surface area contributed by atoms with Crippen molar-refractivity contribution in [3.8, 4) is 0 Å². The van der Waals surface area contributed by atoms with Gasteiger partial charge in [0, 0.05) is 32.3 Å². The van der Waals surface area contributed by atoms with E-state index in [9.17, 15) is 4.79 Å². The van der Waals surface area contributed by atoms with E-state index in [4.69, 9.17) is 10.5 Å². The van der Waals surface area contributed by atoms with E-state index in [1.807, 2.05) is 4.90 Å². The summed E-state index contributed by atoms with van der Waals surface area (Å²) in [5, 5.41) is 0. The zero-order valence-corrected chi connectivity index (χ0v) is 13.0. The fraction of sp³-hybridized carbons (Fsp3) is 0.938. The van der Waals surface area contributed by atoms with Crippen LogP contribution in [0.2, 0.25) is 0 Å². The van der Waals surface area contributed by atoms with Gasteiger partial charge in [-0.25, -0.2) is 0 Å². The van der Waals surface area contributed by atoms with Crippen LogP contribution in [0.4, 0.5) is 0 Å². The number of hydrogen-bond donors (Lipinski definition) is 1. The summed E-state index contributed by atoms with van der Waals surface area (Å²) in [4.78, 5) is 17.3. The van der Waals surface area contributed by atoms with Crippen LogP contribution in [0.1, 0.15) is 38.5 Å². The van der Waals surface area contributed by atoms with Crippen molar-refractivity contribution in [1.29, 1.82) is 0 Å². The van der Waals surface area contributed by atoms with Crippen LogP contribution in [0, 0.1) is 5.92 Å². The number of amides is 1. The molecule has 0 radical (unpaired) electrons. The van der Waals surface area contributed by atoms with Gasteiger partial charge in [0.15, 0.2) is 0 Å². The van der Waals surface area contributed by atoms with Crippen molar-refractivity contribution in [1.82, 2.24) is 9.80 Å². The monoisotopic (exact) mass is 295 g/mol. The highest BCUT2D eigenvalue weighted by Gasteiger charge is 2.34. The second kappa shape index (κ2) is 7.07. The Hall–Kier alpha value is -0.650. The first kappa shape index (κ1) is 15.3. The minimum absolute atomic E-state index is 0.172. The molecule has 0 bridgehead atoms. The van der Waals surface area contributed by atoms with Gasteiger partial charge in [-0.2, -0.15) is 0 Å². The molecule has 3 aliphatic rings. The number of nitrogens with zero attached hydrogens (tertiary/aromatic N) is 2. The normalized spacial score (nSPS) is 30.5. The minimum atomic E-state index is -0.328. The number of nitrogens with two attached hydrogens (primary N) is 1. The number of likely N-dealkylation sites (tertiary alicyclic amines) is 2. The van der Waals surface area contributed by atoms with E-state index in [0.29, 0.717) is 12.0 Å². The summed E-state index contributed by atoms with van der Waals surface area (Å²) >= 11 is 0. The van der Waals surface area contributed by atoms with Gasteiger partial charge in [-0.15, -0.1) is 0 Å². The molecule has 0 aliphatic carbocycles. The average Bonchev–Trinajstić information content (AvgIpc) is 3.09. The molecule has 5 heteroatoms. The Kier molecular flexibility index (Phi) is 5.14. The Morgan fingerprint density at radius 3 is 2.48 bits per heavy atom. The average molecular weight is 295 g/mol. The molecule has 3 heterocycles. The van der Waals surface area contributed by atoms with E-state index in [2.05, 4.69) is 4.90 Å². The van der Waals surface area contributed by atoms with E-state index >= 15 is 0 Å². The number of hydrogen-bond acceptors (Lipinski definition) is 4. The van der Waals surface area contributed by atoms with Gasteiger partial charge in [0.05, 0.1) is 6.04 Å². The first-order valence-corrected chi connectivity index (χ1v) is 8.62. The van der Waals surface area contributed by atoms with Crippen molar-refractivity contribution in [3.05, 3.63) is 0 Å². The van der Waals surface area contributed by atoms with Crippen LogP contribution >= 0.6 is 0 Å². The zero-order valence-electron chi connectivity index (χ0n) is 13.0. The summed E-state index contributed by atoms with van der Waals surface area (Å²) in [7, 11) is 0. The van der Waals surface area contributed by atoms with Crippen LogP contribution in [-0.4, -0.2) is 67.2 Å². The lowest BCUT2D eigenvalue weighted by Gasteiger charge is -2.39. The Morgan fingerprint density at radius 2 is 1.76 bits per heavy atom. The highest BCUT2D eigenvalue weighted by Crippen LogP contribution is 2.23. The molecule has 21 heavy (non-hydrogen) atoms. The molecular formula is C16H29N3O2. The van der Waals surface area contributed by atoms with E-state index < -0.39 is 0 Å². The SMILES string of the molecule is NC(C(=O)N1CCCC(N2CCCC2)C1)C1CCOCC1. The number of carbonyl (C=O) groups excluding carboxylic acids is 1. The van der Waals surface area contributed by atoms with Crippen molar-refractivity contribution in [2.24, 2.45) is 11.7 Å². The zero-order chi connectivity index (χ0) is 14.7. The van der Waals surface area contributed by atoms with Gasteiger partial charge in [-0.3, -0.25) is 9.69 Å². The number of carbonyl (C=O) groups is 1. The first-order valence-electron chi connectivity index (χ1n) is 8.62. The molecule has 1 amide bonds. The van der Waals surface area contributed by atoms with Crippen LogP contribution in [-0.2, 0) is 9.53 Å². The fourth-order valence-electron chi connectivity index (χ4n) is 4.05. The first-order chi connectivity index (χ1) is 10.3. The Balaban J connectivity index is 1.55. The fourth-order valence-corrected chi connectivity index (χ4v) is 4.05. The number of ether oxygens (including phenoxy) is 1. The molecular weight excluding hydrogens is 266 g/mol. The maximum absolute atomic E-state index is 12.7. The van der Waals surface area contributed by atoms with Crippen molar-refractivity contribution in [2.75, 3.05) is 39.4 Å². The molecule has 5 nitrogen and oxygen atoms in total. The second-order valence-electron chi connectivity index (χ2n) is 6.80. The third kappa shape index (κ3) is 3.58. The third-order valence-corrected chi connectivity index (χ3v) is 5.42. The highest BCUT2D eigenvalue weighted by atomic mass is 16.5. The molecule has 0 saturated carbocycles. The number of piperidine rings is 1. The van der Waals surface area contributed by atoms with E-state index in [0.717, 1.165) is 45.6 Å². The quantitative estimate of drug-likeness (QED) is 0.838. The van der Waals surface area contributed by atoms with E-state index in [1.165, 1.54) is 32.4 Å². The molecule has 0 aromatic rings. The van der Waals surface area contributed by atoms with Crippen molar-refractivity contribution < 1.29 is 9.53 Å². The lowest BCUT2D eigenvalue weighted by Crippen LogP contribution is -2.55. The summed E-state index contributed by atoms with van der Waals surface area (Å²) in [6, 6.07) is 0.235. The largest absolute Gasteiger partial charge is 0.381 e. The maximum atomic E-state index is 12.7. The molecule has 120 valence electrons. The maximum Gasteiger partial charge on any atom is 0.239 e.